The average Bonchev–Trinajstić information content (AvgIpc) is 2.68. The first-order chi connectivity index (χ1) is 12.7. The van der Waals surface area contributed by atoms with Gasteiger partial charge in [0.1, 0.15) is 18.2 Å². The number of ether oxygens (including phenoxy) is 1. The van der Waals surface area contributed by atoms with E-state index in [1.165, 1.54) is 0 Å². The zero-order valence-electron chi connectivity index (χ0n) is 14.9. The van der Waals surface area contributed by atoms with Crippen molar-refractivity contribution in [1.82, 2.24) is 9.97 Å². The lowest BCUT2D eigenvalue weighted by Crippen LogP contribution is -2.18. The van der Waals surface area contributed by atoms with Crippen LogP contribution in [0.5, 0.6) is 5.88 Å². The van der Waals surface area contributed by atoms with Crippen LogP contribution in [-0.4, -0.2) is 16.0 Å². The highest BCUT2D eigenvalue weighted by Gasteiger charge is 2.27. The van der Waals surface area contributed by atoms with Crippen molar-refractivity contribution in [1.29, 1.82) is 0 Å². The molecule has 0 radical (unpaired) electrons. The van der Waals surface area contributed by atoms with E-state index in [0.29, 0.717) is 5.88 Å². The van der Waals surface area contributed by atoms with Gasteiger partial charge < -0.3 is 10.1 Å². The number of nitrogens with one attached hydrogen (secondary N) is 1. The number of fused-ring (bicyclic) bond motifs is 1. The van der Waals surface area contributed by atoms with E-state index in [2.05, 4.69) is 59.5 Å². The third-order valence-electron chi connectivity index (χ3n) is 4.28. The number of nitrogens with zero attached hydrogens (tertiary/aromatic N) is 2. The van der Waals surface area contributed by atoms with E-state index < -0.39 is 0 Å². The molecule has 0 saturated heterocycles. The molecule has 4 heteroatoms. The number of hydrogen-bond donors (Lipinski definition) is 1. The topological polar surface area (TPSA) is 47.0 Å². The lowest BCUT2D eigenvalue weighted by molar-refractivity contribution is 0.240. The van der Waals surface area contributed by atoms with Crippen molar-refractivity contribution in [2.75, 3.05) is 5.32 Å². The summed E-state index contributed by atoms with van der Waals surface area (Å²) in [5.74, 6) is 1.41. The van der Waals surface area contributed by atoms with Crippen LogP contribution in [0.25, 0.3) is 5.57 Å². The van der Waals surface area contributed by atoms with E-state index in [1.54, 1.807) is 6.33 Å². The Morgan fingerprint density at radius 2 is 1.62 bits per heavy atom. The number of rotatable bonds is 4. The van der Waals surface area contributed by atoms with Gasteiger partial charge in [0.05, 0.1) is 5.56 Å². The van der Waals surface area contributed by atoms with Gasteiger partial charge in [-0.3, -0.25) is 0 Å². The summed E-state index contributed by atoms with van der Waals surface area (Å²) in [6.45, 7) is 4.19. The molecule has 3 aromatic rings. The molecule has 1 atom stereocenters. The van der Waals surface area contributed by atoms with Gasteiger partial charge in [0.15, 0.2) is 0 Å². The molecule has 0 aliphatic carbocycles. The molecule has 4 nitrogen and oxygen atoms in total. The molecular weight excluding hydrogens is 322 g/mol. The first kappa shape index (κ1) is 16.3. The number of hydrogen-bond acceptors (Lipinski definition) is 4. The zero-order chi connectivity index (χ0) is 17.9. The number of anilines is 1. The average molecular weight is 343 g/mol. The second-order valence-corrected chi connectivity index (χ2v) is 6.60. The van der Waals surface area contributed by atoms with Crippen molar-refractivity contribution in [3.8, 4) is 5.88 Å². The molecule has 2 heterocycles. The summed E-state index contributed by atoms with van der Waals surface area (Å²) >= 11 is 0. The molecule has 4 rings (SSSR count). The molecule has 2 aromatic carbocycles. The van der Waals surface area contributed by atoms with Crippen molar-refractivity contribution in [2.24, 2.45) is 0 Å². The zero-order valence-corrected chi connectivity index (χ0v) is 14.9. The smallest absolute Gasteiger partial charge is 0.227 e. The summed E-state index contributed by atoms with van der Waals surface area (Å²) < 4.78 is 6.22. The SMILES string of the molecule is CC(C)Nc1ncnc2c1C(c1ccccc1)=CC(c1ccccc1)O2. The summed E-state index contributed by atoms with van der Waals surface area (Å²) in [6, 6.07) is 20.8. The summed E-state index contributed by atoms with van der Waals surface area (Å²) in [5, 5.41) is 3.42. The second kappa shape index (κ2) is 7.00. The maximum absolute atomic E-state index is 6.22. The molecule has 0 bridgehead atoms. The van der Waals surface area contributed by atoms with Gasteiger partial charge in [-0.05, 0) is 36.6 Å². The molecule has 1 unspecified atom stereocenters. The largest absolute Gasteiger partial charge is 0.465 e. The molecular formula is C22H21N3O. The second-order valence-electron chi connectivity index (χ2n) is 6.60. The molecule has 0 saturated carbocycles. The van der Waals surface area contributed by atoms with Gasteiger partial charge in [0.2, 0.25) is 5.88 Å². The van der Waals surface area contributed by atoms with Gasteiger partial charge in [-0.1, -0.05) is 60.7 Å². The van der Waals surface area contributed by atoms with E-state index in [1.807, 2.05) is 36.4 Å². The Balaban J connectivity index is 1.87. The minimum Gasteiger partial charge on any atom is -0.465 e. The predicted octanol–water partition coefficient (Wildman–Crippen LogP) is 4.86. The van der Waals surface area contributed by atoms with E-state index in [-0.39, 0.29) is 12.1 Å². The Hall–Kier alpha value is -3.14. The minimum absolute atomic E-state index is 0.180. The van der Waals surface area contributed by atoms with Crippen LogP contribution in [0.2, 0.25) is 0 Å². The predicted molar refractivity (Wildman–Crippen MR) is 104 cm³/mol. The van der Waals surface area contributed by atoms with Crippen molar-refractivity contribution < 1.29 is 4.74 Å². The molecule has 1 aromatic heterocycles. The van der Waals surface area contributed by atoms with E-state index in [4.69, 9.17) is 4.74 Å². The van der Waals surface area contributed by atoms with Crippen LogP contribution in [0.1, 0.15) is 36.6 Å². The van der Waals surface area contributed by atoms with Crippen LogP contribution >= 0.6 is 0 Å². The Kier molecular flexibility index (Phi) is 4.40. The van der Waals surface area contributed by atoms with Crippen LogP contribution < -0.4 is 10.1 Å². The lowest BCUT2D eigenvalue weighted by atomic mass is 9.93. The van der Waals surface area contributed by atoms with Gasteiger partial charge in [0.25, 0.3) is 0 Å². The summed E-state index contributed by atoms with van der Waals surface area (Å²) in [5.41, 5.74) is 4.23. The number of benzene rings is 2. The molecule has 1 N–H and O–H groups in total. The highest BCUT2D eigenvalue weighted by atomic mass is 16.5. The molecule has 130 valence electrons. The summed E-state index contributed by atoms with van der Waals surface area (Å²) in [4.78, 5) is 8.89. The van der Waals surface area contributed by atoms with Crippen LogP contribution in [0, 0.1) is 0 Å². The van der Waals surface area contributed by atoms with Gasteiger partial charge >= 0.3 is 0 Å². The standard InChI is InChI=1S/C22H21N3O/c1-15(2)25-21-20-18(16-9-5-3-6-10-16)13-19(17-11-7-4-8-12-17)26-22(20)24-14-23-21/h3-15,19H,1-2H3,(H,23,24,25). The first-order valence-electron chi connectivity index (χ1n) is 8.83. The van der Waals surface area contributed by atoms with Crippen molar-refractivity contribution in [3.05, 3.63) is 89.8 Å². The third kappa shape index (κ3) is 3.18. The normalized spacial score (nSPS) is 15.8. The highest BCUT2D eigenvalue weighted by molar-refractivity contribution is 5.88. The lowest BCUT2D eigenvalue weighted by Gasteiger charge is -2.27. The monoisotopic (exact) mass is 343 g/mol. The van der Waals surface area contributed by atoms with Crippen LogP contribution in [0.15, 0.2) is 73.1 Å². The molecule has 1 aliphatic rings. The fourth-order valence-electron chi connectivity index (χ4n) is 3.14. The molecule has 0 amide bonds. The van der Waals surface area contributed by atoms with Gasteiger partial charge in [-0.15, -0.1) is 0 Å². The first-order valence-corrected chi connectivity index (χ1v) is 8.83. The van der Waals surface area contributed by atoms with Gasteiger partial charge in [-0.25, -0.2) is 9.97 Å². The summed E-state index contributed by atoms with van der Waals surface area (Å²) in [7, 11) is 0. The third-order valence-corrected chi connectivity index (χ3v) is 4.28. The maximum Gasteiger partial charge on any atom is 0.227 e. The van der Waals surface area contributed by atoms with Crippen LogP contribution in [-0.2, 0) is 0 Å². The van der Waals surface area contributed by atoms with E-state index >= 15 is 0 Å². The molecule has 0 fully saturated rings. The van der Waals surface area contributed by atoms with Crippen molar-refractivity contribution in [3.63, 3.8) is 0 Å². The number of aromatic nitrogens is 2. The fourth-order valence-corrected chi connectivity index (χ4v) is 3.14. The van der Waals surface area contributed by atoms with E-state index in [9.17, 15) is 0 Å². The van der Waals surface area contributed by atoms with Crippen LogP contribution in [0.3, 0.4) is 0 Å². The Bertz CT molecular complexity index is 921. The van der Waals surface area contributed by atoms with Gasteiger partial charge in [0, 0.05) is 6.04 Å². The fraction of sp³-hybridized carbons (Fsp3) is 0.182. The highest BCUT2D eigenvalue weighted by Crippen LogP contribution is 2.42. The summed E-state index contributed by atoms with van der Waals surface area (Å²) in [6.07, 6.45) is 3.53. The van der Waals surface area contributed by atoms with E-state index in [0.717, 1.165) is 28.1 Å². The maximum atomic E-state index is 6.22. The van der Waals surface area contributed by atoms with Crippen molar-refractivity contribution >= 4 is 11.4 Å². The Morgan fingerprint density at radius 3 is 2.31 bits per heavy atom. The minimum atomic E-state index is -0.180. The van der Waals surface area contributed by atoms with Crippen LogP contribution in [0.4, 0.5) is 5.82 Å². The van der Waals surface area contributed by atoms with Crippen molar-refractivity contribution in [2.45, 2.75) is 26.0 Å². The molecule has 26 heavy (non-hydrogen) atoms. The quantitative estimate of drug-likeness (QED) is 0.735. The van der Waals surface area contributed by atoms with Gasteiger partial charge in [-0.2, -0.15) is 0 Å². The Morgan fingerprint density at radius 1 is 0.923 bits per heavy atom. The molecule has 1 aliphatic heterocycles. The molecule has 0 spiro atoms. The Labute approximate surface area is 153 Å².